The summed E-state index contributed by atoms with van der Waals surface area (Å²) >= 11 is 0. The Morgan fingerprint density at radius 3 is 0.969 bits per heavy atom. The number of anilines is 1. The summed E-state index contributed by atoms with van der Waals surface area (Å²) in [5, 5.41) is 5.97. The van der Waals surface area contributed by atoms with Gasteiger partial charge in [-0.05, 0) is 139 Å². The number of benzene rings is 6. The van der Waals surface area contributed by atoms with E-state index < -0.39 is 39.0 Å². The predicted molar refractivity (Wildman–Crippen MR) is 432 cm³/mol. The Kier molecular flexibility index (Phi) is 28.0. The van der Waals surface area contributed by atoms with Gasteiger partial charge in [0.15, 0.2) is 75.8 Å². The maximum atomic E-state index is 13.1. The van der Waals surface area contributed by atoms with Crippen LogP contribution in [0.3, 0.4) is 0 Å². The maximum Gasteiger partial charge on any atom is 0.173 e. The Balaban J connectivity index is 0.000000214. The molecule has 0 radical (unpaired) electrons. The summed E-state index contributed by atoms with van der Waals surface area (Å²) in [6.07, 6.45) is 26.3. The second-order valence-corrected chi connectivity index (χ2v) is 40.7. The van der Waals surface area contributed by atoms with Crippen LogP contribution in [0, 0.1) is 23.2 Å². The largest absolute Gasteiger partial charge is 0.201 e. The van der Waals surface area contributed by atoms with Crippen molar-refractivity contribution < 1.29 is 172 Å². The Labute approximate surface area is 712 Å². The zero-order valence-electron chi connectivity index (χ0n) is 67.1. The summed E-state index contributed by atoms with van der Waals surface area (Å²) in [7, 11) is -51.2. The van der Waals surface area contributed by atoms with E-state index in [1.54, 1.807) is 0 Å². The first-order valence-corrected chi connectivity index (χ1v) is 48.8. The number of aryl methyl sites for hydroxylation is 2. The van der Waals surface area contributed by atoms with E-state index in [1.165, 1.54) is 102 Å². The Hall–Kier alpha value is -9.37. The van der Waals surface area contributed by atoms with Crippen molar-refractivity contribution in [1.82, 2.24) is 0 Å². The van der Waals surface area contributed by atoms with Crippen molar-refractivity contribution in [3.05, 3.63) is 272 Å². The zero-order chi connectivity index (χ0) is 94.8. The third-order valence-corrected chi connectivity index (χ3v) is 19.7. The minimum Gasteiger partial charge on any atom is -0.201 e. The number of carbonyl (C=O) groups excluding carboxylic acids is 1. The van der Waals surface area contributed by atoms with Crippen LogP contribution in [0.15, 0.2) is 244 Å². The third kappa shape index (κ3) is 43.4. The van der Waals surface area contributed by atoms with Crippen LogP contribution in [0.1, 0.15) is 72.8 Å². The Morgan fingerprint density at radius 2 is 0.648 bits per heavy atom. The molecule has 11 nitrogen and oxygen atoms in total. The number of hydrogen-bond donors (Lipinski definition) is 1. The third-order valence-electron chi connectivity index (χ3n) is 19.7. The van der Waals surface area contributed by atoms with E-state index in [-0.39, 0.29) is 11.4 Å². The van der Waals surface area contributed by atoms with Gasteiger partial charge in [-0.25, -0.2) is 18.3 Å². The summed E-state index contributed by atoms with van der Waals surface area (Å²) in [6, 6.07) is 69.6. The molecular formula is C82H85F30N6O5P5. The second kappa shape index (κ2) is 35.1. The summed E-state index contributed by atoms with van der Waals surface area (Å²) in [5.74, 6) is 3.21. The van der Waals surface area contributed by atoms with Gasteiger partial charge in [0.1, 0.15) is 19.4 Å². The van der Waals surface area contributed by atoms with E-state index in [2.05, 4.69) is 267 Å². The first-order valence-electron chi connectivity index (χ1n) is 38.7. The molecule has 16 aliphatic heterocycles. The zero-order valence-corrected chi connectivity index (χ0v) is 71.6. The molecule has 4 fully saturated rings. The van der Waals surface area contributed by atoms with E-state index in [0.29, 0.717) is 39.6 Å². The van der Waals surface area contributed by atoms with Crippen molar-refractivity contribution in [3.8, 4) is 39.1 Å². The van der Waals surface area contributed by atoms with Gasteiger partial charge in [0.2, 0.25) is 11.0 Å². The molecule has 0 atom stereocenters. The van der Waals surface area contributed by atoms with Crippen molar-refractivity contribution in [3.63, 3.8) is 0 Å². The average molecular weight is 1960 g/mol. The number of esters is 1. The van der Waals surface area contributed by atoms with Crippen molar-refractivity contribution in [1.29, 1.82) is 0 Å². The minimum absolute atomic E-state index is 0.0879. The molecule has 46 heteroatoms. The van der Waals surface area contributed by atoms with E-state index in [4.69, 9.17) is 18.9 Å². The fourth-order valence-corrected chi connectivity index (χ4v) is 15.2. The number of aromatic nitrogens is 5. The fourth-order valence-electron chi connectivity index (χ4n) is 15.2. The van der Waals surface area contributed by atoms with Crippen LogP contribution in [0.2, 0.25) is 0 Å². The fraction of sp³-hybridized carbons (Fsp3) is 0.293. The predicted octanol–water partition coefficient (Wildman–Crippen LogP) is 30.3. The van der Waals surface area contributed by atoms with Crippen LogP contribution < -0.4 is 32.9 Å². The van der Waals surface area contributed by atoms with Gasteiger partial charge in [-0.2, -0.15) is 4.57 Å². The van der Waals surface area contributed by atoms with Gasteiger partial charge in [0, 0.05) is 101 Å². The molecular weight excluding hydrogens is 1870 g/mol. The van der Waals surface area contributed by atoms with Crippen LogP contribution >= 0.6 is 39.0 Å². The number of nitrogens with zero attached hydrogens (tertiary/aromatic N) is 5. The molecule has 31 rings (SSSR count). The molecule has 5 aromatic heterocycles. The van der Waals surface area contributed by atoms with Crippen LogP contribution in [-0.4, -0.2) is 52.2 Å². The first-order chi connectivity index (χ1) is 58.0. The normalized spacial score (nSPS) is 19.2. The maximum absolute atomic E-state index is 13.1. The van der Waals surface area contributed by atoms with Crippen LogP contribution in [0.25, 0.3) is 55.2 Å². The molecule has 4 saturated carbocycles. The van der Waals surface area contributed by atoms with Crippen molar-refractivity contribution >= 4 is 72.5 Å². The van der Waals surface area contributed by atoms with Gasteiger partial charge in [0.05, 0.1) is 49.2 Å². The molecule has 21 heterocycles. The molecule has 708 valence electrons. The van der Waals surface area contributed by atoms with Crippen LogP contribution in [-0.2, 0) is 58.7 Å². The van der Waals surface area contributed by atoms with Gasteiger partial charge in [-0.3, -0.25) is 4.79 Å². The molecule has 0 spiro atoms. The molecule has 128 heavy (non-hydrogen) atoms. The van der Waals surface area contributed by atoms with Gasteiger partial charge in [0.25, 0.3) is 0 Å². The minimum atomic E-state index is -10.7. The number of halogens is 30. The van der Waals surface area contributed by atoms with Crippen LogP contribution in [0.5, 0.6) is 5.75 Å². The number of hydrogen-bond acceptors (Lipinski definition) is 6. The SMILES string of the molecule is C[n+]1c2ccccc2c(-c2ccc(NCCOCCOCCOc3ccc(CCCOC(=O)C45CC6CC(CC(C6)C4)C5)cc3)cc2)c2ccccc21.F[P-](F)(F)(F)(F)F.F[P-](F)(F)(F)(F)F.F[P-](F)(F)(F)(F)F.F[P-](F)(F)(F)(F)F.F[P-](F)(F)(F)(F)F.c1cc2ccc1C[n+]1ccc(cc1)-c1cc[n+](cc1)Cc1ccc(cc1)C[n+]1ccc(cc1)-c1cc[n+](cc1)C2. The van der Waals surface area contributed by atoms with Gasteiger partial charge in [-0.15, -0.1) is 0 Å². The van der Waals surface area contributed by atoms with Crippen molar-refractivity contribution in [2.75, 3.05) is 51.5 Å². The Bertz CT molecular complexity index is 5060. The van der Waals surface area contributed by atoms with Crippen molar-refractivity contribution in [2.45, 2.75) is 77.5 Å². The quantitative estimate of drug-likeness (QED) is 0.0244. The summed E-state index contributed by atoms with van der Waals surface area (Å²) in [4.78, 5) is 13.1. The van der Waals surface area contributed by atoms with E-state index in [0.717, 1.165) is 94.0 Å². The molecule has 16 bridgehead atoms. The number of ether oxygens (including phenoxy) is 4. The number of rotatable bonds is 17. The van der Waals surface area contributed by atoms with Gasteiger partial charge < -0.3 is 24.3 Å². The second-order valence-electron chi connectivity index (χ2n) is 31.1. The molecule has 0 unspecified atom stereocenters. The Morgan fingerprint density at radius 1 is 0.352 bits per heavy atom. The van der Waals surface area contributed by atoms with Gasteiger partial charge in [-0.1, -0.05) is 97.1 Å². The van der Waals surface area contributed by atoms with E-state index in [9.17, 15) is 131 Å². The summed E-state index contributed by atoms with van der Waals surface area (Å²) < 4.78 is 330. The number of fused-ring (bicyclic) bond motifs is 2. The number of carbonyl (C=O) groups is 1. The smallest absolute Gasteiger partial charge is 0.173 e. The molecule has 1 N–H and O–H groups in total. The van der Waals surface area contributed by atoms with Crippen molar-refractivity contribution in [2.24, 2.45) is 30.2 Å². The first kappa shape index (κ1) is 102. The van der Waals surface area contributed by atoms with Crippen LogP contribution in [0.4, 0.5) is 132 Å². The molecule has 0 saturated heterocycles. The molecule has 20 aliphatic rings. The summed E-state index contributed by atoms with van der Waals surface area (Å²) in [6.45, 7) is 7.31. The number of nitrogens with one attached hydrogen (secondary N) is 1. The topological polar surface area (TPSA) is 85.4 Å². The number of pyridine rings is 5. The average Bonchev–Trinajstić information content (AvgIpc) is 0.739. The van der Waals surface area contributed by atoms with E-state index in [1.807, 2.05) is 12.1 Å². The molecule has 6 aromatic carbocycles. The monoisotopic (exact) mass is 1960 g/mol. The standard InChI is InChI=1S/C46H52N2O5.C36H32N4.5F6P/c1-48-42-10-4-2-8-40(42)44(41-9-3-5-11-43(41)48)37-14-16-38(17-15-37)47-20-22-50-23-24-51-25-26-52-39-18-12-33(13-19-39)7-6-21-53-45(49)46-30-34-27-35(31-46)29-36(28-34)32-46;1-2-30-4-3-29(1)25-37-17-9-33(10-18-37)35-13-21-39(22-14-35)27-31-5-7-32(8-6-31)28-40-23-15-36(16-24-40)34-11-19-38(26-30)20-12-34;5*1-7(2,3,4,5)6/h2-5,8-19,34-36H,6-7,20-32H2,1H3;1-24H,25-28H2;;;;;/q;+4;5*-1/p+1. The number of para-hydroxylation sites is 2. The molecule has 11 aromatic rings. The van der Waals surface area contributed by atoms with Gasteiger partial charge >= 0.3 is 171 Å². The molecule has 4 aliphatic carbocycles. The molecule has 0 amide bonds. The van der Waals surface area contributed by atoms with E-state index >= 15 is 0 Å². The summed E-state index contributed by atoms with van der Waals surface area (Å²) in [5.41, 5.74) is 17.1.